The number of hydrogen-bond donors (Lipinski definition) is 1. The predicted octanol–water partition coefficient (Wildman–Crippen LogP) is 3.18. The first kappa shape index (κ1) is 12.9. The van der Waals surface area contributed by atoms with Gasteiger partial charge in [-0.25, -0.2) is 0 Å². The van der Waals surface area contributed by atoms with Crippen molar-refractivity contribution >= 4 is 22.6 Å². The van der Waals surface area contributed by atoms with Gasteiger partial charge in [0.1, 0.15) is 0 Å². The quantitative estimate of drug-likeness (QED) is 0.834. The van der Waals surface area contributed by atoms with Gasteiger partial charge in [0.2, 0.25) is 0 Å². The molecule has 2 atom stereocenters. The molecule has 1 aromatic carbocycles. The Morgan fingerprint density at radius 1 is 1.22 bits per heavy atom. The summed E-state index contributed by atoms with van der Waals surface area (Å²) in [5, 5.41) is 3.78. The Balaban J connectivity index is 1.54. The number of halogens is 1. The van der Waals surface area contributed by atoms with Gasteiger partial charge in [-0.2, -0.15) is 0 Å². The normalized spacial score (nSPS) is 26.4. The number of benzene rings is 1. The number of rotatable bonds is 4. The van der Waals surface area contributed by atoms with Crippen LogP contribution >= 0.6 is 22.6 Å². The molecule has 0 spiro atoms. The topological polar surface area (TPSA) is 15.3 Å². The van der Waals surface area contributed by atoms with Crippen LogP contribution in [0, 0.1) is 3.57 Å². The van der Waals surface area contributed by atoms with Crippen molar-refractivity contribution in [1.82, 2.24) is 10.2 Å². The Labute approximate surface area is 123 Å². The van der Waals surface area contributed by atoms with E-state index in [2.05, 4.69) is 64.0 Å². The van der Waals surface area contributed by atoms with Gasteiger partial charge in [0, 0.05) is 34.8 Å². The van der Waals surface area contributed by atoms with Gasteiger partial charge in [0.15, 0.2) is 0 Å². The molecule has 1 aromatic rings. The highest BCUT2D eigenvalue weighted by Gasteiger charge is 2.34. The van der Waals surface area contributed by atoms with Gasteiger partial charge < -0.3 is 5.32 Å². The van der Waals surface area contributed by atoms with Crippen molar-refractivity contribution in [2.24, 2.45) is 0 Å². The summed E-state index contributed by atoms with van der Waals surface area (Å²) in [7, 11) is 0. The molecular weight excluding hydrogens is 335 g/mol. The molecule has 1 aliphatic carbocycles. The van der Waals surface area contributed by atoms with Crippen LogP contribution in [-0.2, 0) is 0 Å². The molecule has 2 aliphatic rings. The van der Waals surface area contributed by atoms with Gasteiger partial charge in [-0.15, -0.1) is 0 Å². The van der Waals surface area contributed by atoms with E-state index in [1.54, 1.807) is 0 Å². The molecule has 1 aliphatic heterocycles. The van der Waals surface area contributed by atoms with Crippen molar-refractivity contribution in [3.05, 3.63) is 33.4 Å². The highest BCUT2D eigenvalue weighted by Crippen LogP contribution is 2.30. The zero-order valence-corrected chi connectivity index (χ0v) is 13.1. The van der Waals surface area contributed by atoms with Crippen LogP contribution in [0.25, 0.3) is 0 Å². The van der Waals surface area contributed by atoms with E-state index in [4.69, 9.17) is 0 Å². The summed E-state index contributed by atoms with van der Waals surface area (Å²) in [5.74, 6) is 0. The molecule has 2 unspecified atom stereocenters. The molecule has 2 nitrogen and oxygen atoms in total. The molecule has 3 heteroatoms. The second-order valence-corrected chi connectivity index (χ2v) is 6.90. The van der Waals surface area contributed by atoms with Crippen LogP contribution in [0.3, 0.4) is 0 Å². The number of hydrogen-bond acceptors (Lipinski definition) is 2. The fraction of sp³-hybridized carbons (Fsp3) is 0.600. The Morgan fingerprint density at radius 3 is 2.61 bits per heavy atom. The monoisotopic (exact) mass is 356 g/mol. The predicted molar refractivity (Wildman–Crippen MR) is 83.7 cm³/mol. The molecule has 0 amide bonds. The molecule has 3 rings (SSSR count). The average Bonchev–Trinajstić information content (AvgIpc) is 3.11. The molecule has 1 saturated carbocycles. The van der Waals surface area contributed by atoms with Gasteiger partial charge in [-0.05, 0) is 66.5 Å². The zero-order chi connectivity index (χ0) is 12.5. The molecule has 0 bridgehead atoms. The minimum atomic E-state index is 0.464. The molecular formula is C15H21IN2. The maximum atomic E-state index is 3.78. The molecule has 0 aromatic heterocycles. The van der Waals surface area contributed by atoms with Crippen molar-refractivity contribution in [2.45, 2.75) is 44.3 Å². The first-order chi connectivity index (χ1) is 8.72. The second-order valence-electron chi connectivity index (χ2n) is 5.65. The summed E-state index contributed by atoms with van der Waals surface area (Å²) < 4.78 is 1.31. The number of nitrogens with one attached hydrogen (secondary N) is 1. The van der Waals surface area contributed by atoms with Crippen molar-refractivity contribution in [3.63, 3.8) is 0 Å². The summed E-state index contributed by atoms with van der Waals surface area (Å²) in [6.07, 6.45) is 4.17. The molecule has 1 heterocycles. The Kier molecular flexibility index (Phi) is 3.91. The maximum absolute atomic E-state index is 3.78. The number of nitrogens with zero attached hydrogens (tertiary/aromatic N) is 1. The van der Waals surface area contributed by atoms with E-state index in [0.717, 1.165) is 6.04 Å². The van der Waals surface area contributed by atoms with Gasteiger partial charge in [0.25, 0.3) is 0 Å². The summed E-state index contributed by atoms with van der Waals surface area (Å²) in [4.78, 5) is 2.66. The van der Waals surface area contributed by atoms with Gasteiger partial charge in [0.05, 0.1) is 0 Å². The molecule has 1 N–H and O–H groups in total. The van der Waals surface area contributed by atoms with Crippen LogP contribution in [0.15, 0.2) is 24.3 Å². The zero-order valence-electron chi connectivity index (χ0n) is 10.9. The van der Waals surface area contributed by atoms with Crippen molar-refractivity contribution < 1.29 is 0 Å². The van der Waals surface area contributed by atoms with E-state index in [-0.39, 0.29) is 0 Å². The standard InChI is InChI=1S/C15H21IN2/c1-11(12-2-4-13(16)5-3-12)17-14-8-9-18(10-14)15-6-7-15/h2-5,11,14-15,17H,6-10H2,1H3. The van der Waals surface area contributed by atoms with Crippen molar-refractivity contribution in [2.75, 3.05) is 13.1 Å². The van der Waals surface area contributed by atoms with Crippen LogP contribution in [0.5, 0.6) is 0 Å². The SMILES string of the molecule is CC(NC1CCN(C2CC2)C1)c1ccc(I)cc1. The van der Waals surface area contributed by atoms with Crippen LogP contribution in [0.1, 0.15) is 37.8 Å². The smallest absolute Gasteiger partial charge is 0.0294 e. The largest absolute Gasteiger partial charge is 0.306 e. The molecule has 1 saturated heterocycles. The van der Waals surface area contributed by atoms with Crippen LogP contribution in [0.2, 0.25) is 0 Å². The molecule has 0 radical (unpaired) electrons. The lowest BCUT2D eigenvalue weighted by Crippen LogP contribution is -2.34. The van der Waals surface area contributed by atoms with E-state index < -0.39 is 0 Å². The minimum Gasteiger partial charge on any atom is -0.306 e. The highest BCUT2D eigenvalue weighted by molar-refractivity contribution is 14.1. The van der Waals surface area contributed by atoms with E-state index in [1.165, 1.54) is 41.5 Å². The van der Waals surface area contributed by atoms with E-state index in [1.807, 2.05) is 0 Å². The van der Waals surface area contributed by atoms with E-state index in [0.29, 0.717) is 12.1 Å². The first-order valence-electron chi connectivity index (χ1n) is 6.98. The molecule has 98 valence electrons. The maximum Gasteiger partial charge on any atom is 0.0294 e. The summed E-state index contributed by atoms with van der Waals surface area (Å²) in [5.41, 5.74) is 1.40. The van der Waals surface area contributed by atoms with Gasteiger partial charge in [-0.3, -0.25) is 4.90 Å². The average molecular weight is 356 g/mol. The van der Waals surface area contributed by atoms with E-state index in [9.17, 15) is 0 Å². The second kappa shape index (κ2) is 5.47. The van der Waals surface area contributed by atoms with E-state index >= 15 is 0 Å². The lowest BCUT2D eigenvalue weighted by atomic mass is 10.1. The van der Waals surface area contributed by atoms with Gasteiger partial charge >= 0.3 is 0 Å². The van der Waals surface area contributed by atoms with Crippen molar-refractivity contribution in [3.8, 4) is 0 Å². The third-order valence-corrected chi connectivity index (χ3v) is 4.86. The Morgan fingerprint density at radius 2 is 1.94 bits per heavy atom. The third kappa shape index (κ3) is 3.06. The Hall–Kier alpha value is -0.130. The first-order valence-corrected chi connectivity index (χ1v) is 8.06. The Bertz CT molecular complexity index is 399. The van der Waals surface area contributed by atoms with Crippen LogP contribution in [0.4, 0.5) is 0 Å². The lowest BCUT2D eigenvalue weighted by molar-refractivity contribution is 0.313. The summed E-state index contributed by atoms with van der Waals surface area (Å²) >= 11 is 2.36. The molecule has 2 fully saturated rings. The minimum absolute atomic E-state index is 0.464. The summed E-state index contributed by atoms with van der Waals surface area (Å²) in [6, 6.07) is 10.9. The van der Waals surface area contributed by atoms with Gasteiger partial charge in [-0.1, -0.05) is 12.1 Å². The fourth-order valence-corrected chi connectivity index (χ4v) is 3.26. The number of likely N-dealkylation sites (tertiary alicyclic amines) is 1. The highest BCUT2D eigenvalue weighted by atomic mass is 127. The lowest BCUT2D eigenvalue weighted by Gasteiger charge is -2.20. The fourth-order valence-electron chi connectivity index (χ4n) is 2.90. The summed E-state index contributed by atoms with van der Waals surface area (Å²) in [6.45, 7) is 4.82. The van der Waals surface area contributed by atoms with Crippen LogP contribution < -0.4 is 5.32 Å². The van der Waals surface area contributed by atoms with Crippen molar-refractivity contribution in [1.29, 1.82) is 0 Å². The molecule has 18 heavy (non-hydrogen) atoms. The third-order valence-electron chi connectivity index (χ3n) is 4.14. The van der Waals surface area contributed by atoms with Crippen LogP contribution in [-0.4, -0.2) is 30.1 Å².